The van der Waals surface area contributed by atoms with Gasteiger partial charge in [0.05, 0.1) is 16.3 Å². The zero-order valence-electron chi connectivity index (χ0n) is 11.4. The van der Waals surface area contributed by atoms with E-state index in [0.29, 0.717) is 10.2 Å². The molecule has 0 atom stereocenters. The molecule has 2 rings (SSSR count). The molecule has 0 aromatic heterocycles. The number of hydrogen-bond acceptors (Lipinski definition) is 3. The van der Waals surface area contributed by atoms with Gasteiger partial charge in [-0.2, -0.15) is 0 Å². The van der Waals surface area contributed by atoms with Crippen LogP contribution in [0.2, 0.25) is 0 Å². The van der Waals surface area contributed by atoms with E-state index in [1.807, 2.05) is 6.92 Å². The number of aryl methyl sites for hydroxylation is 2. The molecule has 7 heteroatoms. The zero-order valence-corrected chi connectivity index (χ0v) is 13.8. The van der Waals surface area contributed by atoms with Crippen LogP contribution in [0.15, 0.2) is 39.7 Å². The number of sulfonamides is 1. The first-order valence-electron chi connectivity index (χ1n) is 6.05. The Morgan fingerprint density at radius 1 is 1.19 bits per heavy atom. The molecule has 0 heterocycles. The fourth-order valence-electron chi connectivity index (χ4n) is 1.82. The number of rotatable bonds is 3. The van der Waals surface area contributed by atoms with Crippen LogP contribution in [0.1, 0.15) is 11.1 Å². The van der Waals surface area contributed by atoms with E-state index in [1.165, 1.54) is 13.0 Å². The molecule has 21 heavy (non-hydrogen) atoms. The number of nitrogens with two attached hydrogens (primary N) is 1. The van der Waals surface area contributed by atoms with Gasteiger partial charge in [0.1, 0.15) is 5.82 Å². The van der Waals surface area contributed by atoms with Crippen molar-refractivity contribution in [3.63, 3.8) is 0 Å². The molecule has 0 saturated carbocycles. The topological polar surface area (TPSA) is 72.2 Å². The van der Waals surface area contributed by atoms with Crippen LogP contribution in [0.3, 0.4) is 0 Å². The predicted octanol–water partition coefficient (Wildman–Crippen LogP) is 3.59. The highest BCUT2D eigenvalue weighted by atomic mass is 79.9. The van der Waals surface area contributed by atoms with Crippen molar-refractivity contribution in [1.82, 2.24) is 0 Å². The molecule has 0 aliphatic heterocycles. The van der Waals surface area contributed by atoms with Crippen LogP contribution in [-0.4, -0.2) is 8.42 Å². The summed E-state index contributed by atoms with van der Waals surface area (Å²) in [6.45, 7) is 3.36. The molecule has 0 amide bonds. The Labute approximate surface area is 131 Å². The molecule has 3 N–H and O–H groups in total. The normalized spacial score (nSPS) is 11.4. The van der Waals surface area contributed by atoms with Gasteiger partial charge in [0, 0.05) is 4.47 Å². The lowest BCUT2D eigenvalue weighted by Gasteiger charge is -2.12. The standard InChI is InChI=1S/C14H14BrFN2O2S/c1-8-3-4-13(11(15)5-8)18-21(19,20)10-6-9(2)14(16)12(17)7-10/h3-7,18H,17H2,1-2H3. The average molecular weight is 373 g/mol. The molecule has 0 unspecified atom stereocenters. The van der Waals surface area contributed by atoms with Crippen molar-refractivity contribution >= 4 is 37.3 Å². The van der Waals surface area contributed by atoms with E-state index in [1.54, 1.807) is 18.2 Å². The largest absolute Gasteiger partial charge is 0.396 e. The van der Waals surface area contributed by atoms with Gasteiger partial charge >= 0.3 is 0 Å². The summed E-state index contributed by atoms with van der Waals surface area (Å²) in [5.41, 5.74) is 6.86. The van der Waals surface area contributed by atoms with Crippen molar-refractivity contribution in [2.45, 2.75) is 18.7 Å². The summed E-state index contributed by atoms with van der Waals surface area (Å²) in [4.78, 5) is -0.0774. The smallest absolute Gasteiger partial charge is 0.262 e. The van der Waals surface area contributed by atoms with Crippen LogP contribution in [-0.2, 0) is 10.0 Å². The van der Waals surface area contributed by atoms with Crippen molar-refractivity contribution in [2.75, 3.05) is 10.5 Å². The van der Waals surface area contributed by atoms with Gasteiger partial charge < -0.3 is 5.73 Å². The van der Waals surface area contributed by atoms with Crippen molar-refractivity contribution < 1.29 is 12.8 Å². The second-order valence-corrected chi connectivity index (χ2v) is 7.27. The van der Waals surface area contributed by atoms with Crippen LogP contribution in [0.5, 0.6) is 0 Å². The second kappa shape index (κ2) is 5.65. The van der Waals surface area contributed by atoms with Gasteiger partial charge in [0.25, 0.3) is 10.0 Å². The Bertz CT molecular complexity index is 784. The maximum absolute atomic E-state index is 13.5. The van der Waals surface area contributed by atoms with Crippen LogP contribution in [0, 0.1) is 19.7 Å². The van der Waals surface area contributed by atoms with E-state index in [9.17, 15) is 12.8 Å². The maximum atomic E-state index is 13.5. The van der Waals surface area contributed by atoms with Gasteiger partial charge in [-0.1, -0.05) is 6.07 Å². The minimum atomic E-state index is -3.84. The Balaban J connectivity index is 2.43. The molecule has 0 spiro atoms. The minimum Gasteiger partial charge on any atom is -0.396 e. The number of benzene rings is 2. The summed E-state index contributed by atoms with van der Waals surface area (Å²) >= 11 is 3.30. The van der Waals surface area contributed by atoms with Crippen LogP contribution in [0.25, 0.3) is 0 Å². The van der Waals surface area contributed by atoms with E-state index in [4.69, 9.17) is 5.73 Å². The van der Waals surface area contributed by atoms with Crippen molar-refractivity contribution in [2.24, 2.45) is 0 Å². The summed E-state index contributed by atoms with van der Waals surface area (Å²) < 4.78 is 41.3. The predicted molar refractivity (Wildman–Crippen MR) is 85.2 cm³/mol. The summed E-state index contributed by atoms with van der Waals surface area (Å²) in [7, 11) is -3.84. The Hall–Kier alpha value is -1.60. The highest BCUT2D eigenvalue weighted by molar-refractivity contribution is 9.10. The van der Waals surface area contributed by atoms with Crippen molar-refractivity contribution in [1.29, 1.82) is 0 Å². The monoisotopic (exact) mass is 372 g/mol. The summed E-state index contributed by atoms with van der Waals surface area (Å²) in [5, 5.41) is 0. The third-order valence-corrected chi connectivity index (χ3v) is 4.94. The highest BCUT2D eigenvalue weighted by Crippen LogP contribution is 2.27. The molecule has 0 fully saturated rings. The van der Waals surface area contributed by atoms with Crippen molar-refractivity contribution in [3.8, 4) is 0 Å². The molecule has 0 aliphatic carbocycles. The van der Waals surface area contributed by atoms with E-state index in [2.05, 4.69) is 20.7 Å². The SMILES string of the molecule is Cc1ccc(NS(=O)(=O)c2cc(C)c(F)c(N)c2)c(Br)c1. The van der Waals surface area contributed by atoms with Gasteiger partial charge in [-0.05, 0) is 65.2 Å². The van der Waals surface area contributed by atoms with E-state index in [0.717, 1.165) is 11.6 Å². The van der Waals surface area contributed by atoms with Gasteiger partial charge in [0.15, 0.2) is 0 Å². The lowest BCUT2D eigenvalue weighted by Crippen LogP contribution is -2.14. The molecule has 0 saturated heterocycles. The lowest BCUT2D eigenvalue weighted by molar-refractivity contribution is 0.599. The van der Waals surface area contributed by atoms with Crippen LogP contribution >= 0.6 is 15.9 Å². The van der Waals surface area contributed by atoms with Gasteiger partial charge in [-0.15, -0.1) is 0 Å². The first-order valence-corrected chi connectivity index (χ1v) is 8.33. The Morgan fingerprint density at radius 2 is 1.86 bits per heavy atom. The third kappa shape index (κ3) is 3.36. The number of nitrogen functional groups attached to an aromatic ring is 1. The number of hydrogen-bond donors (Lipinski definition) is 2. The van der Waals surface area contributed by atoms with Gasteiger partial charge in [-0.25, -0.2) is 12.8 Å². The number of halogens is 2. The number of anilines is 2. The van der Waals surface area contributed by atoms with Gasteiger partial charge in [-0.3, -0.25) is 4.72 Å². The van der Waals surface area contributed by atoms with E-state index in [-0.39, 0.29) is 16.1 Å². The lowest BCUT2D eigenvalue weighted by atomic mass is 10.2. The molecule has 112 valence electrons. The maximum Gasteiger partial charge on any atom is 0.262 e. The molecule has 0 aliphatic rings. The molecule has 2 aromatic carbocycles. The molecule has 4 nitrogen and oxygen atoms in total. The summed E-state index contributed by atoms with van der Waals surface area (Å²) in [6, 6.07) is 7.58. The first kappa shape index (κ1) is 15.8. The quantitative estimate of drug-likeness (QED) is 0.808. The highest BCUT2D eigenvalue weighted by Gasteiger charge is 2.18. The van der Waals surface area contributed by atoms with E-state index >= 15 is 0 Å². The van der Waals surface area contributed by atoms with Crippen LogP contribution < -0.4 is 10.5 Å². The fourth-order valence-corrected chi connectivity index (χ4v) is 3.75. The third-order valence-electron chi connectivity index (χ3n) is 2.94. The second-order valence-electron chi connectivity index (χ2n) is 4.73. The zero-order chi connectivity index (χ0) is 15.8. The molecule has 0 bridgehead atoms. The van der Waals surface area contributed by atoms with Crippen LogP contribution in [0.4, 0.5) is 15.8 Å². The number of nitrogens with one attached hydrogen (secondary N) is 1. The Kier molecular flexibility index (Phi) is 4.25. The summed E-state index contributed by atoms with van der Waals surface area (Å²) in [6.07, 6.45) is 0. The molecular formula is C14H14BrFN2O2S. The molecule has 2 aromatic rings. The van der Waals surface area contributed by atoms with Gasteiger partial charge in [0.2, 0.25) is 0 Å². The molecule has 0 radical (unpaired) electrons. The van der Waals surface area contributed by atoms with Crippen molar-refractivity contribution in [3.05, 3.63) is 51.7 Å². The minimum absolute atomic E-state index is 0.0774. The molecular weight excluding hydrogens is 359 g/mol. The van der Waals surface area contributed by atoms with E-state index < -0.39 is 15.8 Å². The fraction of sp³-hybridized carbons (Fsp3) is 0.143. The average Bonchev–Trinajstić information content (AvgIpc) is 2.38. The summed E-state index contributed by atoms with van der Waals surface area (Å²) in [5.74, 6) is -0.606. The first-order chi connectivity index (χ1) is 9.70. The Morgan fingerprint density at radius 3 is 2.43 bits per heavy atom.